The number of benzene rings is 1. The Morgan fingerprint density at radius 2 is 1.89 bits per heavy atom. The predicted octanol–water partition coefficient (Wildman–Crippen LogP) is 4.15. The van der Waals surface area contributed by atoms with Crippen LogP contribution in [0.5, 0.6) is 0 Å². The van der Waals surface area contributed by atoms with Gasteiger partial charge in [0.2, 0.25) is 0 Å². The molecule has 0 fully saturated rings. The molecular formula is C14H20BrF2N. The van der Waals surface area contributed by atoms with E-state index in [4.69, 9.17) is 0 Å². The summed E-state index contributed by atoms with van der Waals surface area (Å²) in [6.07, 6.45) is 0.420. The summed E-state index contributed by atoms with van der Waals surface area (Å²) >= 11 is 3.10. The largest absolute Gasteiger partial charge is 0.317 e. The molecule has 1 aromatic carbocycles. The van der Waals surface area contributed by atoms with E-state index in [1.54, 1.807) is 0 Å². The summed E-state index contributed by atoms with van der Waals surface area (Å²) in [5.41, 5.74) is 0.181. The van der Waals surface area contributed by atoms with Crippen LogP contribution in [0, 0.1) is 23.5 Å². The topological polar surface area (TPSA) is 12.0 Å². The van der Waals surface area contributed by atoms with Gasteiger partial charge < -0.3 is 5.32 Å². The average molecular weight is 320 g/mol. The van der Waals surface area contributed by atoms with Crippen molar-refractivity contribution in [1.82, 2.24) is 5.32 Å². The molecule has 0 spiro atoms. The summed E-state index contributed by atoms with van der Waals surface area (Å²) in [6.45, 7) is 7.96. The van der Waals surface area contributed by atoms with E-state index >= 15 is 0 Å². The highest BCUT2D eigenvalue weighted by Gasteiger charge is 2.18. The monoisotopic (exact) mass is 319 g/mol. The van der Waals surface area contributed by atoms with Crippen LogP contribution in [0.1, 0.15) is 26.3 Å². The number of hydrogen-bond acceptors (Lipinski definition) is 1. The summed E-state index contributed by atoms with van der Waals surface area (Å²) in [5, 5.41) is 3.26. The van der Waals surface area contributed by atoms with Crippen molar-refractivity contribution in [2.45, 2.75) is 27.2 Å². The van der Waals surface area contributed by atoms with E-state index in [2.05, 4.69) is 28.2 Å². The molecule has 102 valence electrons. The van der Waals surface area contributed by atoms with Crippen molar-refractivity contribution < 1.29 is 8.78 Å². The molecule has 0 radical (unpaired) electrons. The highest BCUT2D eigenvalue weighted by Crippen LogP contribution is 2.26. The smallest absolute Gasteiger partial charge is 0.143 e. The third-order valence-electron chi connectivity index (χ3n) is 3.35. The predicted molar refractivity (Wildman–Crippen MR) is 74.6 cm³/mol. The Hall–Kier alpha value is -0.480. The van der Waals surface area contributed by atoms with Crippen LogP contribution in [0.25, 0.3) is 0 Å². The van der Waals surface area contributed by atoms with Gasteiger partial charge in [-0.15, -0.1) is 0 Å². The normalized spacial score (nSPS) is 14.6. The third-order valence-corrected chi connectivity index (χ3v) is 3.97. The van der Waals surface area contributed by atoms with Gasteiger partial charge >= 0.3 is 0 Å². The second-order valence-corrected chi connectivity index (χ2v) is 5.64. The molecule has 0 aliphatic rings. The zero-order valence-corrected chi connectivity index (χ0v) is 12.7. The van der Waals surface area contributed by atoms with Crippen molar-refractivity contribution >= 4 is 15.9 Å². The van der Waals surface area contributed by atoms with Crippen molar-refractivity contribution in [3.8, 4) is 0 Å². The van der Waals surface area contributed by atoms with Crippen molar-refractivity contribution in [2.24, 2.45) is 11.8 Å². The van der Waals surface area contributed by atoms with Gasteiger partial charge in [-0.3, -0.25) is 0 Å². The lowest BCUT2D eigenvalue weighted by Gasteiger charge is -2.21. The minimum atomic E-state index is -0.475. The van der Waals surface area contributed by atoms with Crippen LogP contribution in [0.2, 0.25) is 0 Å². The van der Waals surface area contributed by atoms with E-state index in [-0.39, 0.29) is 11.5 Å². The first-order chi connectivity index (χ1) is 8.47. The van der Waals surface area contributed by atoms with Gasteiger partial charge in [0, 0.05) is 5.56 Å². The molecule has 0 saturated heterocycles. The van der Waals surface area contributed by atoms with E-state index in [0.29, 0.717) is 16.8 Å². The van der Waals surface area contributed by atoms with Crippen LogP contribution in [-0.4, -0.2) is 13.1 Å². The van der Waals surface area contributed by atoms with E-state index < -0.39 is 11.6 Å². The molecule has 0 saturated carbocycles. The maximum atomic E-state index is 13.8. The minimum absolute atomic E-state index is 0.181. The standard InChI is InChI=1S/C14H20BrF2N/c1-4-18-8-10(3)9(2)7-11-13(16)6-5-12(15)14(11)17/h5-6,9-10,18H,4,7-8H2,1-3H3. The molecule has 1 aromatic rings. The minimum Gasteiger partial charge on any atom is -0.317 e. The van der Waals surface area contributed by atoms with E-state index in [1.165, 1.54) is 12.1 Å². The van der Waals surface area contributed by atoms with Gasteiger partial charge in [-0.1, -0.05) is 20.8 Å². The van der Waals surface area contributed by atoms with Gasteiger partial charge in [0.1, 0.15) is 11.6 Å². The number of hydrogen-bond donors (Lipinski definition) is 1. The van der Waals surface area contributed by atoms with E-state index in [0.717, 1.165) is 13.1 Å². The van der Waals surface area contributed by atoms with Gasteiger partial charge in [-0.25, -0.2) is 8.78 Å². The van der Waals surface area contributed by atoms with Crippen LogP contribution in [0.4, 0.5) is 8.78 Å². The van der Waals surface area contributed by atoms with Crippen LogP contribution in [-0.2, 0) is 6.42 Å². The van der Waals surface area contributed by atoms with Crippen LogP contribution in [0.15, 0.2) is 16.6 Å². The van der Waals surface area contributed by atoms with Gasteiger partial charge in [0.25, 0.3) is 0 Å². The van der Waals surface area contributed by atoms with Crippen molar-refractivity contribution in [1.29, 1.82) is 0 Å². The third kappa shape index (κ3) is 4.02. The maximum absolute atomic E-state index is 13.8. The maximum Gasteiger partial charge on any atom is 0.143 e. The molecule has 0 aromatic heterocycles. The Kier molecular flexibility index (Phi) is 6.22. The Labute approximate surface area is 116 Å². The lowest BCUT2D eigenvalue weighted by Crippen LogP contribution is -2.26. The second-order valence-electron chi connectivity index (χ2n) is 4.79. The molecule has 2 atom stereocenters. The molecule has 1 nitrogen and oxygen atoms in total. The first-order valence-corrected chi connectivity index (χ1v) is 7.09. The fourth-order valence-electron chi connectivity index (χ4n) is 1.85. The highest BCUT2D eigenvalue weighted by atomic mass is 79.9. The Balaban J connectivity index is 2.75. The van der Waals surface area contributed by atoms with E-state index in [1.807, 2.05) is 13.8 Å². The molecule has 4 heteroatoms. The number of nitrogens with one attached hydrogen (secondary N) is 1. The first-order valence-electron chi connectivity index (χ1n) is 6.30. The lowest BCUT2D eigenvalue weighted by molar-refractivity contribution is 0.359. The Morgan fingerprint density at radius 1 is 1.22 bits per heavy atom. The molecule has 0 amide bonds. The summed E-state index contributed by atoms with van der Waals surface area (Å²) in [6, 6.07) is 2.71. The van der Waals surface area contributed by atoms with Crippen molar-refractivity contribution in [3.63, 3.8) is 0 Å². The van der Waals surface area contributed by atoms with E-state index in [9.17, 15) is 8.78 Å². The Bertz CT molecular complexity index is 396. The number of rotatable bonds is 6. The first kappa shape index (κ1) is 15.6. The van der Waals surface area contributed by atoms with Crippen molar-refractivity contribution in [2.75, 3.05) is 13.1 Å². The van der Waals surface area contributed by atoms with Crippen molar-refractivity contribution in [3.05, 3.63) is 33.8 Å². The molecule has 2 unspecified atom stereocenters. The summed E-state index contributed by atoms with van der Waals surface area (Å²) in [5.74, 6) is -0.333. The van der Waals surface area contributed by atoms with Gasteiger partial charge in [0.05, 0.1) is 4.47 Å². The van der Waals surface area contributed by atoms with Gasteiger partial charge in [-0.2, -0.15) is 0 Å². The zero-order valence-electron chi connectivity index (χ0n) is 11.1. The molecule has 1 rings (SSSR count). The van der Waals surface area contributed by atoms with Gasteiger partial charge in [-0.05, 0) is 59.4 Å². The molecule has 0 bridgehead atoms. The second kappa shape index (κ2) is 7.19. The summed E-state index contributed by atoms with van der Waals surface area (Å²) in [7, 11) is 0. The molecule has 18 heavy (non-hydrogen) atoms. The molecule has 1 N–H and O–H groups in total. The Morgan fingerprint density at radius 3 is 2.50 bits per heavy atom. The fraction of sp³-hybridized carbons (Fsp3) is 0.571. The van der Waals surface area contributed by atoms with Crippen LogP contribution < -0.4 is 5.32 Å². The lowest BCUT2D eigenvalue weighted by atomic mass is 9.89. The van der Waals surface area contributed by atoms with Gasteiger partial charge in [0.15, 0.2) is 0 Å². The SMILES string of the molecule is CCNCC(C)C(C)Cc1c(F)ccc(Br)c1F. The average Bonchev–Trinajstić information content (AvgIpc) is 2.36. The molecule has 0 aliphatic carbocycles. The molecular weight excluding hydrogens is 300 g/mol. The zero-order chi connectivity index (χ0) is 13.7. The quantitative estimate of drug-likeness (QED) is 0.777. The van der Waals surface area contributed by atoms with Crippen LogP contribution >= 0.6 is 15.9 Å². The fourth-order valence-corrected chi connectivity index (χ4v) is 2.22. The summed E-state index contributed by atoms with van der Waals surface area (Å²) < 4.78 is 27.8. The number of halogens is 3. The highest BCUT2D eigenvalue weighted by molar-refractivity contribution is 9.10. The molecule has 0 heterocycles. The summed E-state index contributed by atoms with van der Waals surface area (Å²) in [4.78, 5) is 0. The van der Waals surface area contributed by atoms with Crippen LogP contribution in [0.3, 0.4) is 0 Å². The molecule has 0 aliphatic heterocycles.